The van der Waals surface area contributed by atoms with Crippen LogP contribution in [0.1, 0.15) is 46.0 Å². The van der Waals surface area contributed by atoms with E-state index in [4.69, 9.17) is 0 Å². The molecular formula is C17H26. The van der Waals surface area contributed by atoms with Crippen molar-refractivity contribution in [3.05, 3.63) is 0 Å². The van der Waals surface area contributed by atoms with E-state index in [-0.39, 0.29) is 0 Å². The van der Waals surface area contributed by atoms with Gasteiger partial charge in [0.1, 0.15) is 0 Å². The summed E-state index contributed by atoms with van der Waals surface area (Å²) < 4.78 is 0. The molecule has 0 saturated heterocycles. The summed E-state index contributed by atoms with van der Waals surface area (Å²) in [5.74, 6) is 11.7. The Morgan fingerprint density at radius 2 is 1.47 bits per heavy atom. The Morgan fingerprint density at radius 3 is 2.35 bits per heavy atom. The van der Waals surface area contributed by atoms with Gasteiger partial charge in [0, 0.05) is 0 Å². The predicted octanol–water partition coefficient (Wildman–Crippen LogP) is 4.21. The average molecular weight is 230 g/mol. The van der Waals surface area contributed by atoms with E-state index >= 15 is 0 Å². The zero-order valence-corrected chi connectivity index (χ0v) is 11.3. The Balaban J connectivity index is 1.55. The molecule has 17 heavy (non-hydrogen) atoms. The quantitative estimate of drug-likeness (QED) is 0.547. The van der Waals surface area contributed by atoms with Gasteiger partial charge < -0.3 is 0 Å². The van der Waals surface area contributed by atoms with Crippen molar-refractivity contribution < 1.29 is 0 Å². The molecule has 0 N–H and O–H groups in total. The normalized spacial score (nSPS) is 70.9. The van der Waals surface area contributed by atoms with Crippen molar-refractivity contribution in [2.75, 3.05) is 0 Å². The zero-order chi connectivity index (χ0) is 11.3. The van der Waals surface area contributed by atoms with Crippen LogP contribution in [0.2, 0.25) is 0 Å². The lowest BCUT2D eigenvalue weighted by atomic mass is 9.61. The fraction of sp³-hybridized carbons (Fsp3) is 1.00. The molecule has 0 amide bonds. The summed E-state index contributed by atoms with van der Waals surface area (Å²) in [6, 6.07) is 0. The molecule has 5 rings (SSSR count). The van der Waals surface area contributed by atoms with Crippen LogP contribution in [0.15, 0.2) is 0 Å². The van der Waals surface area contributed by atoms with Gasteiger partial charge >= 0.3 is 0 Å². The third-order valence-electron chi connectivity index (χ3n) is 8.15. The molecule has 0 aromatic rings. The SMILES string of the molecule is CC1CC2CC1C1C3CC(C4C(C)CCC34)C21. The van der Waals surface area contributed by atoms with Gasteiger partial charge in [-0.25, -0.2) is 0 Å². The van der Waals surface area contributed by atoms with E-state index in [1.54, 1.807) is 32.1 Å². The minimum atomic E-state index is 1.08. The fourth-order valence-corrected chi connectivity index (χ4v) is 8.02. The van der Waals surface area contributed by atoms with Crippen LogP contribution in [0.5, 0.6) is 0 Å². The van der Waals surface area contributed by atoms with Crippen LogP contribution in [0.4, 0.5) is 0 Å². The van der Waals surface area contributed by atoms with Crippen molar-refractivity contribution in [2.24, 2.45) is 59.2 Å². The molecule has 0 radical (unpaired) electrons. The van der Waals surface area contributed by atoms with Gasteiger partial charge in [-0.3, -0.25) is 0 Å². The maximum absolute atomic E-state index is 2.57. The Hall–Kier alpha value is 0. The van der Waals surface area contributed by atoms with Crippen LogP contribution in [0.3, 0.4) is 0 Å². The second kappa shape index (κ2) is 2.94. The van der Waals surface area contributed by atoms with E-state index in [0.29, 0.717) is 0 Å². The van der Waals surface area contributed by atoms with Crippen LogP contribution in [0.25, 0.3) is 0 Å². The second-order valence-electron chi connectivity index (χ2n) is 8.39. The molecule has 0 heterocycles. The van der Waals surface area contributed by atoms with Crippen LogP contribution in [0, 0.1) is 59.2 Å². The minimum Gasteiger partial charge on any atom is -0.0622 e. The summed E-state index contributed by atoms with van der Waals surface area (Å²) in [6.07, 6.45) is 8.06. The van der Waals surface area contributed by atoms with Crippen molar-refractivity contribution in [3.63, 3.8) is 0 Å². The molecular weight excluding hydrogens is 204 g/mol. The highest BCUT2D eigenvalue weighted by Crippen LogP contribution is 2.74. The van der Waals surface area contributed by atoms with E-state index < -0.39 is 0 Å². The first-order valence-electron chi connectivity index (χ1n) is 8.25. The Kier molecular flexibility index (Phi) is 1.71. The molecule has 5 saturated carbocycles. The minimum absolute atomic E-state index is 1.08. The van der Waals surface area contributed by atoms with E-state index in [2.05, 4.69) is 13.8 Å². The average Bonchev–Trinajstić information content (AvgIpc) is 2.99. The van der Waals surface area contributed by atoms with Crippen molar-refractivity contribution in [1.29, 1.82) is 0 Å². The van der Waals surface area contributed by atoms with Crippen molar-refractivity contribution in [2.45, 2.75) is 46.0 Å². The van der Waals surface area contributed by atoms with E-state index in [0.717, 1.165) is 17.8 Å². The first-order valence-corrected chi connectivity index (χ1v) is 8.25. The highest BCUT2D eigenvalue weighted by atomic mass is 14.7. The van der Waals surface area contributed by atoms with Crippen molar-refractivity contribution in [3.8, 4) is 0 Å². The Morgan fingerprint density at radius 1 is 0.588 bits per heavy atom. The lowest BCUT2D eigenvalue weighted by Crippen LogP contribution is -2.39. The Labute approximate surface area is 106 Å². The number of hydrogen-bond donors (Lipinski definition) is 0. The molecule has 94 valence electrons. The summed E-state index contributed by atoms with van der Waals surface area (Å²) in [7, 11) is 0. The topological polar surface area (TPSA) is 0 Å². The summed E-state index contributed by atoms with van der Waals surface area (Å²) in [6.45, 7) is 5.12. The smallest absolute Gasteiger partial charge is 0.0318 e. The summed E-state index contributed by atoms with van der Waals surface area (Å²) >= 11 is 0. The Bertz CT molecular complexity index is 359. The predicted molar refractivity (Wildman–Crippen MR) is 69.3 cm³/mol. The standard InChI is InChI=1S/C17H26/c1-8-3-4-11-13-7-14(15(8)11)16-10-5-9(2)12(6-10)17(13)16/h8-17H,3-7H2,1-2H3. The maximum atomic E-state index is 2.57. The van der Waals surface area contributed by atoms with Gasteiger partial charge in [0.15, 0.2) is 0 Å². The molecule has 0 spiro atoms. The van der Waals surface area contributed by atoms with Gasteiger partial charge in [0.05, 0.1) is 0 Å². The fourth-order valence-electron chi connectivity index (χ4n) is 8.02. The molecule has 10 unspecified atom stereocenters. The van der Waals surface area contributed by atoms with Gasteiger partial charge in [-0.05, 0) is 84.9 Å². The molecule has 0 nitrogen and oxygen atoms in total. The van der Waals surface area contributed by atoms with Crippen LogP contribution >= 0.6 is 0 Å². The van der Waals surface area contributed by atoms with Gasteiger partial charge in [-0.2, -0.15) is 0 Å². The second-order valence-corrected chi connectivity index (χ2v) is 8.39. The molecule has 5 aliphatic rings. The molecule has 0 aliphatic heterocycles. The van der Waals surface area contributed by atoms with E-state index in [1.807, 2.05) is 0 Å². The van der Waals surface area contributed by atoms with Crippen molar-refractivity contribution in [1.82, 2.24) is 0 Å². The lowest BCUT2D eigenvalue weighted by molar-refractivity contribution is 0.0399. The third-order valence-corrected chi connectivity index (χ3v) is 8.15. The first-order chi connectivity index (χ1) is 8.25. The highest BCUT2D eigenvalue weighted by molar-refractivity contribution is 5.16. The molecule has 5 aliphatic carbocycles. The highest BCUT2D eigenvalue weighted by Gasteiger charge is 2.67. The van der Waals surface area contributed by atoms with Crippen LogP contribution in [-0.2, 0) is 0 Å². The molecule has 5 fully saturated rings. The number of hydrogen-bond acceptors (Lipinski definition) is 0. The first kappa shape index (κ1) is 9.87. The zero-order valence-electron chi connectivity index (χ0n) is 11.3. The largest absolute Gasteiger partial charge is 0.0622 e. The molecule has 10 atom stereocenters. The van der Waals surface area contributed by atoms with Crippen LogP contribution < -0.4 is 0 Å². The van der Waals surface area contributed by atoms with Crippen molar-refractivity contribution >= 4 is 0 Å². The van der Waals surface area contributed by atoms with E-state index in [1.165, 1.54) is 41.4 Å². The van der Waals surface area contributed by atoms with Crippen LogP contribution in [-0.4, -0.2) is 0 Å². The lowest BCUT2D eigenvalue weighted by Gasteiger charge is -2.43. The van der Waals surface area contributed by atoms with Gasteiger partial charge in [0.2, 0.25) is 0 Å². The monoisotopic (exact) mass is 230 g/mol. The third kappa shape index (κ3) is 0.965. The number of rotatable bonds is 0. The summed E-state index contributed by atoms with van der Waals surface area (Å²) in [5, 5.41) is 0. The molecule has 0 heteroatoms. The van der Waals surface area contributed by atoms with E-state index in [9.17, 15) is 0 Å². The molecule has 0 aromatic heterocycles. The number of fused-ring (bicyclic) bond motifs is 12. The summed E-state index contributed by atoms with van der Waals surface area (Å²) in [5.41, 5.74) is 0. The van der Waals surface area contributed by atoms with Gasteiger partial charge in [0.25, 0.3) is 0 Å². The maximum Gasteiger partial charge on any atom is -0.0318 e. The molecule has 4 bridgehead atoms. The summed E-state index contributed by atoms with van der Waals surface area (Å²) in [4.78, 5) is 0. The van der Waals surface area contributed by atoms with Gasteiger partial charge in [-0.1, -0.05) is 20.3 Å². The van der Waals surface area contributed by atoms with Gasteiger partial charge in [-0.15, -0.1) is 0 Å². The molecule has 0 aromatic carbocycles.